The summed E-state index contributed by atoms with van der Waals surface area (Å²) in [5.74, 6) is 2.47. The van der Waals surface area contributed by atoms with Gasteiger partial charge in [0.15, 0.2) is 17.1 Å². The van der Waals surface area contributed by atoms with Crippen LogP contribution in [0.3, 0.4) is 0 Å². The van der Waals surface area contributed by atoms with Crippen LogP contribution < -0.4 is 19.5 Å². The van der Waals surface area contributed by atoms with Crippen LogP contribution in [0.5, 0.6) is 17.2 Å². The SMILES string of the molecule is COc1cc(CC(=O)NCC2CCC(c3[nH]nc4nccnc34)CC2)cc(OC)c1OC. The fourth-order valence-corrected chi connectivity index (χ4v) is 4.45. The predicted molar refractivity (Wildman–Crippen MR) is 119 cm³/mol. The number of nitrogens with one attached hydrogen (secondary N) is 2. The number of ether oxygens (including phenoxy) is 3. The van der Waals surface area contributed by atoms with Gasteiger partial charge in [0.2, 0.25) is 11.7 Å². The third-order valence-corrected chi connectivity index (χ3v) is 6.15. The number of aromatic amines is 1. The molecule has 1 aromatic carbocycles. The fraction of sp³-hybridized carbons (Fsp3) is 0.478. The molecular weight excluding hydrogens is 410 g/mol. The number of rotatable bonds is 8. The van der Waals surface area contributed by atoms with E-state index in [1.54, 1.807) is 33.7 Å². The van der Waals surface area contributed by atoms with E-state index < -0.39 is 0 Å². The van der Waals surface area contributed by atoms with Gasteiger partial charge in [-0.25, -0.2) is 9.97 Å². The van der Waals surface area contributed by atoms with Crippen LogP contribution >= 0.6 is 0 Å². The first kappa shape index (κ1) is 21.9. The average molecular weight is 440 g/mol. The summed E-state index contributed by atoms with van der Waals surface area (Å²) >= 11 is 0. The lowest BCUT2D eigenvalue weighted by Crippen LogP contribution is -2.32. The topological polar surface area (TPSA) is 111 Å². The molecule has 2 N–H and O–H groups in total. The van der Waals surface area contributed by atoms with Crippen molar-refractivity contribution in [3.63, 3.8) is 0 Å². The van der Waals surface area contributed by atoms with Crippen LogP contribution in [-0.4, -0.2) is 53.9 Å². The van der Waals surface area contributed by atoms with Crippen LogP contribution in [0, 0.1) is 5.92 Å². The van der Waals surface area contributed by atoms with E-state index in [1.807, 2.05) is 12.1 Å². The second-order valence-electron chi connectivity index (χ2n) is 8.10. The van der Waals surface area contributed by atoms with Gasteiger partial charge in [0.25, 0.3) is 0 Å². The Bertz CT molecular complexity index is 1050. The monoisotopic (exact) mass is 439 g/mol. The summed E-state index contributed by atoms with van der Waals surface area (Å²) in [6, 6.07) is 3.62. The summed E-state index contributed by atoms with van der Waals surface area (Å²) in [6.45, 7) is 0.680. The maximum absolute atomic E-state index is 12.6. The van der Waals surface area contributed by atoms with Crippen molar-refractivity contribution in [2.24, 2.45) is 5.92 Å². The summed E-state index contributed by atoms with van der Waals surface area (Å²) in [5.41, 5.74) is 3.43. The van der Waals surface area contributed by atoms with Crippen molar-refractivity contribution in [1.82, 2.24) is 25.5 Å². The zero-order valence-corrected chi connectivity index (χ0v) is 18.7. The molecule has 1 fully saturated rings. The third-order valence-electron chi connectivity index (χ3n) is 6.15. The van der Waals surface area contributed by atoms with Crippen LogP contribution in [0.2, 0.25) is 0 Å². The van der Waals surface area contributed by atoms with Crippen LogP contribution in [0.4, 0.5) is 0 Å². The van der Waals surface area contributed by atoms with E-state index >= 15 is 0 Å². The number of fused-ring (bicyclic) bond motifs is 1. The van der Waals surface area contributed by atoms with E-state index in [4.69, 9.17) is 14.2 Å². The van der Waals surface area contributed by atoms with Crippen molar-refractivity contribution in [3.8, 4) is 17.2 Å². The van der Waals surface area contributed by atoms with E-state index in [0.717, 1.165) is 42.5 Å². The average Bonchev–Trinajstić information content (AvgIpc) is 3.26. The molecule has 0 atom stereocenters. The van der Waals surface area contributed by atoms with Crippen LogP contribution in [-0.2, 0) is 11.2 Å². The van der Waals surface area contributed by atoms with Crippen LogP contribution in [0.25, 0.3) is 11.2 Å². The largest absolute Gasteiger partial charge is 0.493 e. The predicted octanol–water partition coefficient (Wildman–Crippen LogP) is 3.01. The van der Waals surface area contributed by atoms with Crippen LogP contribution in [0.15, 0.2) is 24.5 Å². The van der Waals surface area contributed by atoms with E-state index in [2.05, 4.69) is 25.5 Å². The lowest BCUT2D eigenvalue weighted by atomic mass is 9.80. The number of methoxy groups -OCH3 is 3. The quantitative estimate of drug-likeness (QED) is 0.555. The van der Waals surface area contributed by atoms with Gasteiger partial charge in [-0.05, 0) is 49.3 Å². The summed E-state index contributed by atoms with van der Waals surface area (Å²) in [4.78, 5) is 21.2. The molecule has 0 unspecified atom stereocenters. The maximum Gasteiger partial charge on any atom is 0.224 e. The van der Waals surface area contributed by atoms with Gasteiger partial charge in [0.1, 0.15) is 5.52 Å². The van der Waals surface area contributed by atoms with Crippen molar-refractivity contribution >= 4 is 17.1 Å². The Morgan fingerprint density at radius 1 is 1.03 bits per heavy atom. The Balaban J connectivity index is 1.29. The van der Waals surface area contributed by atoms with Gasteiger partial charge in [0.05, 0.1) is 33.4 Å². The van der Waals surface area contributed by atoms with E-state index in [-0.39, 0.29) is 12.3 Å². The lowest BCUT2D eigenvalue weighted by molar-refractivity contribution is -0.120. The Kier molecular flexibility index (Phi) is 6.72. The Morgan fingerprint density at radius 3 is 2.38 bits per heavy atom. The number of nitrogens with zero attached hydrogens (tertiary/aromatic N) is 3. The molecule has 1 aliphatic rings. The van der Waals surface area contributed by atoms with Gasteiger partial charge in [-0.2, -0.15) is 5.10 Å². The number of hydrogen-bond donors (Lipinski definition) is 2. The first-order valence-electron chi connectivity index (χ1n) is 10.8. The highest BCUT2D eigenvalue weighted by Crippen LogP contribution is 2.38. The van der Waals surface area contributed by atoms with Gasteiger partial charge in [-0.1, -0.05) is 0 Å². The number of aromatic nitrogens is 4. The van der Waals surface area contributed by atoms with Crippen molar-refractivity contribution in [2.75, 3.05) is 27.9 Å². The summed E-state index contributed by atoms with van der Waals surface area (Å²) < 4.78 is 16.1. The van der Waals surface area contributed by atoms with E-state index in [1.165, 1.54) is 0 Å². The Labute approximate surface area is 186 Å². The van der Waals surface area contributed by atoms with Gasteiger partial charge in [-0.3, -0.25) is 9.89 Å². The number of hydrogen-bond acceptors (Lipinski definition) is 7. The molecule has 9 heteroatoms. The highest BCUT2D eigenvalue weighted by Gasteiger charge is 2.26. The zero-order chi connectivity index (χ0) is 22.5. The van der Waals surface area contributed by atoms with Crippen molar-refractivity contribution in [1.29, 1.82) is 0 Å². The van der Waals surface area contributed by atoms with Gasteiger partial charge in [0, 0.05) is 24.9 Å². The maximum atomic E-state index is 12.6. The lowest BCUT2D eigenvalue weighted by Gasteiger charge is -2.28. The molecule has 1 amide bonds. The minimum atomic E-state index is -0.0174. The molecule has 1 aliphatic carbocycles. The highest BCUT2D eigenvalue weighted by atomic mass is 16.5. The smallest absolute Gasteiger partial charge is 0.224 e. The molecule has 170 valence electrons. The molecule has 0 saturated heterocycles. The second kappa shape index (κ2) is 9.84. The number of benzene rings is 1. The third kappa shape index (κ3) is 4.61. The van der Waals surface area contributed by atoms with Crippen LogP contribution in [0.1, 0.15) is 42.9 Å². The number of H-pyrrole nitrogens is 1. The van der Waals surface area contributed by atoms with Gasteiger partial charge in [-0.15, -0.1) is 0 Å². The number of carbonyl (C=O) groups is 1. The van der Waals surface area contributed by atoms with Crippen molar-refractivity contribution < 1.29 is 19.0 Å². The fourth-order valence-electron chi connectivity index (χ4n) is 4.45. The molecule has 9 nitrogen and oxygen atoms in total. The number of amides is 1. The molecule has 32 heavy (non-hydrogen) atoms. The van der Waals surface area contributed by atoms with Crippen molar-refractivity contribution in [2.45, 2.75) is 38.0 Å². The van der Waals surface area contributed by atoms with E-state index in [0.29, 0.717) is 41.3 Å². The molecule has 2 heterocycles. The normalized spacial score (nSPS) is 18.3. The van der Waals surface area contributed by atoms with Crippen molar-refractivity contribution in [3.05, 3.63) is 35.8 Å². The zero-order valence-electron chi connectivity index (χ0n) is 18.7. The standard InChI is InChI=1S/C23H29N5O4/c1-30-17-10-15(11-18(31-2)22(17)32-3)12-19(29)26-13-14-4-6-16(7-5-14)20-21-23(28-27-20)25-9-8-24-21/h8-11,14,16H,4-7,12-13H2,1-3H3,(H,26,29)(H,25,27,28). The summed E-state index contributed by atoms with van der Waals surface area (Å²) in [6.07, 6.45) is 7.81. The summed E-state index contributed by atoms with van der Waals surface area (Å²) in [5, 5.41) is 10.5. The number of carbonyl (C=O) groups excluding carboxylic acids is 1. The van der Waals surface area contributed by atoms with Gasteiger partial charge >= 0.3 is 0 Å². The molecule has 2 aromatic heterocycles. The Morgan fingerprint density at radius 2 is 1.72 bits per heavy atom. The summed E-state index contributed by atoms with van der Waals surface area (Å²) in [7, 11) is 4.69. The Hall–Kier alpha value is -3.36. The second-order valence-corrected chi connectivity index (χ2v) is 8.10. The molecule has 0 spiro atoms. The molecular formula is C23H29N5O4. The molecule has 0 aliphatic heterocycles. The highest BCUT2D eigenvalue weighted by molar-refractivity contribution is 5.79. The molecule has 0 bridgehead atoms. The molecule has 1 saturated carbocycles. The minimum absolute atomic E-state index is 0.0174. The molecule has 4 rings (SSSR count). The molecule has 3 aromatic rings. The first-order valence-corrected chi connectivity index (χ1v) is 10.8. The van der Waals surface area contributed by atoms with E-state index in [9.17, 15) is 4.79 Å². The minimum Gasteiger partial charge on any atom is -0.493 e. The first-order chi connectivity index (χ1) is 15.6. The van der Waals surface area contributed by atoms with Gasteiger partial charge < -0.3 is 19.5 Å². The molecule has 0 radical (unpaired) electrons.